The summed E-state index contributed by atoms with van der Waals surface area (Å²) < 4.78 is 6.08. The fourth-order valence-electron chi connectivity index (χ4n) is 2.56. The lowest BCUT2D eigenvalue weighted by atomic mass is 10.1. The molecule has 2 aromatic rings. The molecule has 2 aromatic carbocycles. The van der Waals surface area contributed by atoms with Gasteiger partial charge in [0.15, 0.2) is 0 Å². The summed E-state index contributed by atoms with van der Waals surface area (Å²) in [6, 6.07) is 16.4. The Morgan fingerprint density at radius 2 is 1.78 bits per heavy atom. The van der Waals surface area contributed by atoms with E-state index in [-0.39, 0.29) is 12.1 Å². The van der Waals surface area contributed by atoms with Crippen molar-refractivity contribution in [2.45, 2.75) is 25.5 Å². The Kier molecular flexibility index (Phi) is 2.80. The van der Waals surface area contributed by atoms with Gasteiger partial charge in [-0.15, -0.1) is 0 Å². The molecule has 2 unspecified atom stereocenters. The SMILES string of the molecule is Cc1ccccc1OC1Cc2ccccc2C1N. The molecule has 0 spiro atoms. The van der Waals surface area contributed by atoms with Crippen molar-refractivity contribution in [1.29, 1.82) is 0 Å². The highest BCUT2D eigenvalue weighted by atomic mass is 16.5. The molecule has 1 aliphatic carbocycles. The van der Waals surface area contributed by atoms with Crippen LogP contribution in [0, 0.1) is 6.92 Å². The van der Waals surface area contributed by atoms with E-state index in [0.717, 1.165) is 17.7 Å². The van der Waals surface area contributed by atoms with Crippen molar-refractivity contribution in [3.05, 3.63) is 65.2 Å². The molecule has 0 amide bonds. The van der Waals surface area contributed by atoms with Crippen LogP contribution in [0.2, 0.25) is 0 Å². The summed E-state index contributed by atoms with van der Waals surface area (Å²) in [6.45, 7) is 2.06. The first-order valence-electron chi connectivity index (χ1n) is 6.31. The van der Waals surface area contributed by atoms with Crippen LogP contribution >= 0.6 is 0 Å². The summed E-state index contributed by atoms with van der Waals surface area (Å²) in [4.78, 5) is 0. The van der Waals surface area contributed by atoms with Crippen molar-refractivity contribution >= 4 is 0 Å². The number of ether oxygens (including phenoxy) is 1. The number of benzene rings is 2. The second kappa shape index (κ2) is 4.46. The highest BCUT2D eigenvalue weighted by molar-refractivity contribution is 5.38. The van der Waals surface area contributed by atoms with E-state index in [4.69, 9.17) is 10.5 Å². The first-order valence-corrected chi connectivity index (χ1v) is 6.31. The van der Waals surface area contributed by atoms with Crippen molar-refractivity contribution in [2.75, 3.05) is 0 Å². The van der Waals surface area contributed by atoms with Crippen LogP contribution in [-0.4, -0.2) is 6.10 Å². The Morgan fingerprint density at radius 3 is 2.56 bits per heavy atom. The van der Waals surface area contributed by atoms with Crippen LogP contribution in [-0.2, 0) is 6.42 Å². The second-order valence-electron chi connectivity index (χ2n) is 4.85. The number of rotatable bonds is 2. The predicted octanol–water partition coefficient (Wildman–Crippen LogP) is 3.00. The van der Waals surface area contributed by atoms with Crippen LogP contribution < -0.4 is 10.5 Å². The number of para-hydroxylation sites is 1. The van der Waals surface area contributed by atoms with E-state index in [9.17, 15) is 0 Å². The summed E-state index contributed by atoms with van der Waals surface area (Å²) in [7, 11) is 0. The molecule has 0 saturated heterocycles. The second-order valence-corrected chi connectivity index (χ2v) is 4.85. The molecule has 2 heteroatoms. The average Bonchev–Trinajstić information content (AvgIpc) is 2.70. The first-order chi connectivity index (χ1) is 8.75. The predicted molar refractivity (Wildman–Crippen MR) is 72.7 cm³/mol. The molecule has 0 radical (unpaired) electrons. The van der Waals surface area contributed by atoms with Crippen LogP contribution in [0.3, 0.4) is 0 Å². The smallest absolute Gasteiger partial charge is 0.122 e. The van der Waals surface area contributed by atoms with Gasteiger partial charge in [0, 0.05) is 6.42 Å². The zero-order chi connectivity index (χ0) is 12.5. The molecule has 0 aromatic heterocycles. The zero-order valence-corrected chi connectivity index (χ0v) is 10.5. The van der Waals surface area contributed by atoms with E-state index in [0.29, 0.717) is 0 Å². The highest BCUT2D eigenvalue weighted by Crippen LogP contribution is 2.33. The lowest BCUT2D eigenvalue weighted by Crippen LogP contribution is -2.28. The summed E-state index contributed by atoms with van der Waals surface area (Å²) in [6.07, 6.45) is 0.939. The maximum Gasteiger partial charge on any atom is 0.122 e. The molecule has 0 heterocycles. The minimum absolute atomic E-state index is 0.0270. The van der Waals surface area contributed by atoms with Gasteiger partial charge in [0.2, 0.25) is 0 Å². The fourth-order valence-corrected chi connectivity index (χ4v) is 2.56. The highest BCUT2D eigenvalue weighted by Gasteiger charge is 2.31. The van der Waals surface area contributed by atoms with Gasteiger partial charge in [0.25, 0.3) is 0 Å². The standard InChI is InChI=1S/C16H17NO/c1-11-6-2-5-9-14(11)18-15-10-12-7-3-4-8-13(12)16(15)17/h2-9,15-16H,10,17H2,1H3. The molecule has 0 aliphatic heterocycles. The molecule has 0 fully saturated rings. The van der Waals surface area contributed by atoms with E-state index in [2.05, 4.69) is 31.2 Å². The molecule has 2 atom stereocenters. The molecule has 2 N–H and O–H groups in total. The van der Waals surface area contributed by atoms with E-state index in [1.54, 1.807) is 0 Å². The van der Waals surface area contributed by atoms with Crippen molar-refractivity contribution < 1.29 is 4.74 Å². The van der Waals surface area contributed by atoms with Gasteiger partial charge in [-0.05, 0) is 29.7 Å². The molecule has 0 bridgehead atoms. The van der Waals surface area contributed by atoms with Crippen molar-refractivity contribution in [1.82, 2.24) is 0 Å². The fraction of sp³-hybridized carbons (Fsp3) is 0.250. The maximum atomic E-state index is 6.26. The Balaban J connectivity index is 1.83. The molecular weight excluding hydrogens is 222 g/mol. The van der Waals surface area contributed by atoms with E-state index >= 15 is 0 Å². The van der Waals surface area contributed by atoms with Gasteiger partial charge in [-0.25, -0.2) is 0 Å². The lowest BCUT2D eigenvalue weighted by molar-refractivity contribution is 0.184. The summed E-state index contributed by atoms with van der Waals surface area (Å²) in [5.74, 6) is 0.936. The number of hydrogen-bond acceptors (Lipinski definition) is 2. The Labute approximate surface area is 107 Å². The Bertz CT molecular complexity index is 565. The normalized spacial score (nSPS) is 21.7. The van der Waals surface area contributed by atoms with Crippen LogP contribution in [0.15, 0.2) is 48.5 Å². The third-order valence-electron chi connectivity index (χ3n) is 3.61. The van der Waals surface area contributed by atoms with E-state index in [1.807, 2.05) is 24.3 Å². The van der Waals surface area contributed by atoms with E-state index < -0.39 is 0 Å². The van der Waals surface area contributed by atoms with Crippen LogP contribution in [0.5, 0.6) is 5.75 Å². The minimum atomic E-state index is -0.0270. The van der Waals surface area contributed by atoms with Crippen molar-refractivity contribution in [3.63, 3.8) is 0 Å². The van der Waals surface area contributed by atoms with Gasteiger partial charge in [-0.1, -0.05) is 42.5 Å². The molecule has 3 rings (SSSR count). The minimum Gasteiger partial charge on any atom is -0.488 e. The van der Waals surface area contributed by atoms with E-state index in [1.165, 1.54) is 11.1 Å². The Hall–Kier alpha value is -1.80. The molecule has 0 saturated carbocycles. The third kappa shape index (κ3) is 1.89. The molecular formula is C16H17NO. The first kappa shape index (κ1) is 11.3. The number of fused-ring (bicyclic) bond motifs is 1. The molecule has 92 valence electrons. The number of nitrogens with two attached hydrogens (primary N) is 1. The molecule has 1 aliphatic rings. The topological polar surface area (TPSA) is 35.2 Å². The van der Waals surface area contributed by atoms with Gasteiger partial charge in [0.1, 0.15) is 11.9 Å². The maximum absolute atomic E-state index is 6.26. The summed E-state index contributed by atoms with van der Waals surface area (Å²) in [5, 5.41) is 0. The Morgan fingerprint density at radius 1 is 1.06 bits per heavy atom. The monoisotopic (exact) mass is 239 g/mol. The largest absolute Gasteiger partial charge is 0.488 e. The number of aryl methyl sites for hydroxylation is 1. The average molecular weight is 239 g/mol. The number of hydrogen-bond donors (Lipinski definition) is 1. The molecule has 2 nitrogen and oxygen atoms in total. The van der Waals surface area contributed by atoms with Crippen LogP contribution in [0.1, 0.15) is 22.7 Å². The quantitative estimate of drug-likeness (QED) is 0.874. The van der Waals surface area contributed by atoms with Gasteiger partial charge < -0.3 is 10.5 Å². The van der Waals surface area contributed by atoms with Gasteiger partial charge >= 0.3 is 0 Å². The van der Waals surface area contributed by atoms with Crippen molar-refractivity contribution in [3.8, 4) is 5.75 Å². The summed E-state index contributed by atoms with van der Waals surface area (Å²) >= 11 is 0. The van der Waals surface area contributed by atoms with Gasteiger partial charge in [0.05, 0.1) is 6.04 Å². The van der Waals surface area contributed by atoms with Crippen molar-refractivity contribution in [2.24, 2.45) is 5.73 Å². The zero-order valence-electron chi connectivity index (χ0n) is 10.5. The summed E-state index contributed by atoms with van der Waals surface area (Å²) in [5.41, 5.74) is 9.94. The molecule has 18 heavy (non-hydrogen) atoms. The van der Waals surface area contributed by atoms with Gasteiger partial charge in [-0.3, -0.25) is 0 Å². The third-order valence-corrected chi connectivity index (χ3v) is 3.61. The van der Waals surface area contributed by atoms with Crippen LogP contribution in [0.25, 0.3) is 0 Å². The van der Waals surface area contributed by atoms with Gasteiger partial charge in [-0.2, -0.15) is 0 Å². The lowest BCUT2D eigenvalue weighted by Gasteiger charge is -2.19. The van der Waals surface area contributed by atoms with Crippen LogP contribution in [0.4, 0.5) is 0 Å².